The van der Waals surface area contributed by atoms with Gasteiger partial charge in [-0.15, -0.1) is 0 Å². The minimum Gasteiger partial charge on any atom is -0.495 e. The number of halogens is 2. The van der Waals surface area contributed by atoms with E-state index in [4.69, 9.17) is 27.9 Å². The van der Waals surface area contributed by atoms with Crippen LogP contribution in [-0.4, -0.2) is 28.0 Å². The molecule has 1 N–H and O–H groups in total. The third-order valence-corrected chi connectivity index (χ3v) is 6.69. The van der Waals surface area contributed by atoms with Crippen molar-refractivity contribution in [2.24, 2.45) is 0 Å². The number of anilines is 1. The summed E-state index contributed by atoms with van der Waals surface area (Å²) in [4.78, 5) is 12.8. The molecule has 0 heterocycles. The number of hydrogen-bond acceptors (Lipinski definition) is 4. The molecular formula is C22H20Cl2N2O4S. The van der Waals surface area contributed by atoms with Gasteiger partial charge in [0.1, 0.15) is 12.3 Å². The van der Waals surface area contributed by atoms with Gasteiger partial charge in [-0.05, 0) is 48.0 Å². The topological polar surface area (TPSA) is 75.7 Å². The summed E-state index contributed by atoms with van der Waals surface area (Å²) in [6, 6.07) is 19.4. The summed E-state index contributed by atoms with van der Waals surface area (Å²) in [6.45, 7) is -0.233. The van der Waals surface area contributed by atoms with Gasteiger partial charge in [0.2, 0.25) is 5.91 Å². The smallest absolute Gasteiger partial charge is 0.264 e. The highest BCUT2D eigenvalue weighted by Gasteiger charge is 2.29. The van der Waals surface area contributed by atoms with Crippen LogP contribution in [0.3, 0.4) is 0 Å². The van der Waals surface area contributed by atoms with Gasteiger partial charge in [0.15, 0.2) is 0 Å². The van der Waals surface area contributed by atoms with Crippen LogP contribution in [0.5, 0.6) is 5.75 Å². The molecule has 0 spiro atoms. The number of ether oxygens (including phenoxy) is 1. The molecule has 0 unspecified atom stereocenters. The first-order chi connectivity index (χ1) is 14.8. The number of rotatable bonds is 8. The maximum Gasteiger partial charge on any atom is 0.264 e. The predicted octanol–water partition coefficient (Wildman–Crippen LogP) is 4.51. The van der Waals surface area contributed by atoms with Gasteiger partial charge in [-0.1, -0.05) is 53.5 Å². The quantitative estimate of drug-likeness (QED) is 0.516. The number of amides is 1. The van der Waals surface area contributed by atoms with Crippen LogP contribution in [0.15, 0.2) is 77.7 Å². The highest BCUT2D eigenvalue weighted by molar-refractivity contribution is 7.92. The fraction of sp³-hybridized carbons (Fsp3) is 0.136. The maximum atomic E-state index is 13.4. The molecule has 162 valence electrons. The summed E-state index contributed by atoms with van der Waals surface area (Å²) in [7, 11) is -2.65. The molecular weight excluding hydrogens is 459 g/mol. The zero-order chi connectivity index (χ0) is 22.4. The van der Waals surface area contributed by atoms with Gasteiger partial charge in [-0.2, -0.15) is 0 Å². The lowest BCUT2D eigenvalue weighted by Gasteiger charge is -2.26. The van der Waals surface area contributed by atoms with Crippen molar-refractivity contribution >= 4 is 44.8 Å². The molecule has 0 fully saturated rings. The lowest BCUT2D eigenvalue weighted by Crippen LogP contribution is -2.40. The normalized spacial score (nSPS) is 11.1. The number of sulfonamides is 1. The van der Waals surface area contributed by atoms with Crippen molar-refractivity contribution in [1.29, 1.82) is 0 Å². The van der Waals surface area contributed by atoms with Crippen molar-refractivity contribution in [2.75, 3.05) is 18.0 Å². The van der Waals surface area contributed by atoms with Gasteiger partial charge in [0, 0.05) is 16.6 Å². The number of hydrogen-bond donors (Lipinski definition) is 1. The van der Waals surface area contributed by atoms with E-state index in [0.29, 0.717) is 10.0 Å². The van der Waals surface area contributed by atoms with Gasteiger partial charge in [-0.3, -0.25) is 9.10 Å². The van der Waals surface area contributed by atoms with Crippen LogP contribution in [0.1, 0.15) is 5.56 Å². The Labute approximate surface area is 191 Å². The maximum absolute atomic E-state index is 13.4. The van der Waals surface area contributed by atoms with E-state index in [9.17, 15) is 13.2 Å². The Morgan fingerprint density at radius 2 is 1.61 bits per heavy atom. The summed E-state index contributed by atoms with van der Waals surface area (Å²) in [6.07, 6.45) is 0. The molecule has 0 aliphatic carbocycles. The molecule has 1 amide bonds. The molecule has 3 aromatic carbocycles. The first-order valence-corrected chi connectivity index (χ1v) is 11.4. The van der Waals surface area contributed by atoms with E-state index < -0.39 is 22.5 Å². The Morgan fingerprint density at radius 3 is 2.26 bits per heavy atom. The average molecular weight is 479 g/mol. The van der Waals surface area contributed by atoms with Crippen molar-refractivity contribution in [1.82, 2.24) is 5.32 Å². The minimum absolute atomic E-state index is 0.0440. The summed E-state index contributed by atoms with van der Waals surface area (Å²) >= 11 is 12.0. The fourth-order valence-corrected chi connectivity index (χ4v) is 4.60. The van der Waals surface area contributed by atoms with Crippen molar-refractivity contribution in [3.05, 3.63) is 88.4 Å². The van der Waals surface area contributed by atoms with Crippen molar-refractivity contribution in [3.8, 4) is 5.75 Å². The zero-order valence-electron chi connectivity index (χ0n) is 16.6. The fourth-order valence-electron chi connectivity index (χ4n) is 2.87. The van der Waals surface area contributed by atoms with Gasteiger partial charge in [-0.25, -0.2) is 8.42 Å². The molecule has 9 heteroatoms. The SMILES string of the molecule is COc1ccc(Cl)cc1N(CC(=O)NCc1ccc(Cl)cc1)S(=O)(=O)c1ccccc1. The first kappa shape index (κ1) is 22.9. The second-order valence-electron chi connectivity index (χ2n) is 6.54. The molecule has 0 saturated carbocycles. The van der Waals surface area contributed by atoms with Crippen LogP contribution >= 0.6 is 23.2 Å². The third kappa shape index (κ3) is 5.70. The highest BCUT2D eigenvalue weighted by atomic mass is 35.5. The van der Waals surface area contributed by atoms with E-state index in [1.54, 1.807) is 54.6 Å². The molecule has 0 aliphatic heterocycles. The van der Waals surface area contributed by atoms with Gasteiger partial charge in [0.25, 0.3) is 10.0 Å². The number of nitrogens with zero attached hydrogens (tertiary/aromatic N) is 1. The standard InChI is InChI=1S/C22H20Cl2N2O4S/c1-30-21-12-11-18(24)13-20(21)26(31(28,29)19-5-3-2-4-6-19)15-22(27)25-14-16-7-9-17(23)10-8-16/h2-13H,14-15H2,1H3,(H,25,27). The second-order valence-corrected chi connectivity index (χ2v) is 9.28. The Balaban J connectivity index is 1.92. The molecule has 0 saturated heterocycles. The predicted molar refractivity (Wildman–Crippen MR) is 122 cm³/mol. The molecule has 6 nitrogen and oxygen atoms in total. The van der Waals surface area contributed by atoms with Crippen molar-refractivity contribution in [3.63, 3.8) is 0 Å². The number of nitrogens with one attached hydrogen (secondary N) is 1. The molecule has 3 aromatic rings. The number of carbonyl (C=O) groups excluding carboxylic acids is 1. The van der Waals surface area contributed by atoms with Gasteiger partial charge >= 0.3 is 0 Å². The zero-order valence-corrected chi connectivity index (χ0v) is 18.9. The van der Waals surface area contributed by atoms with Crippen LogP contribution in [0.25, 0.3) is 0 Å². The Bertz CT molecular complexity index is 1150. The Morgan fingerprint density at radius 1 is 0.968 bits per heavy atom. The minimum atomic E-state index is -4.07. The van der Waals surface area contributed by atoms with E-state index in [1.807, 2.05) is 0 Å². The lowest BCUT2D eigenvalue weighted by atomic mass is 10.2. The van der Waals surface area contributed by atoms with Crippen molar-refractivity contribution < 1.29 is 17.9 Å². The highest BCUT2D eigenvalue weighted by Crippen LogP contribution is 2.34. The van der Waals surface area contributed by atoms with E-state index in [-0.39, 0.29) is 22.9 Å². The molecule has 0 aliphatic rings. The van der Waals surface area contributed by atoms with Gasteiger partial charge < -0.3 is 10.1 Å². The molecule has 0 aromatic heterocycles. The number of methoxy groups -OCH3 is 1. The Hall–Kier alpha value is -2.74. The summed E-state index contributed by atoms with van der Waals surface area (Å²) in [5, 5.41) is 3.63. The van der Waals surface area contributed by atoms with E-state index >= 15 is 0 Å². The van der Waals surface area contributed by atoms with E-state index in [0.717, 1.165) is 9.87 Å². The van der Waals surface area contributed by atoms with E-state index in [1.165, 1.54) is 25.3 Å². The average Bonchev–Trinajstić information content (AvgIpc) is 2.77. The lowest BCUT2D eigenvalue weighted by molar-refractivity contribution is -0.119. The third-order valence-electron chi connectivity index (χ3n) is 4.43. The number of carbonyl (C=O) groups is 1. The molecule has 0 radical (unpaired) electrons. The van der Waals surface area contributed by atoms with Crippen LogP contribution in [0, 0.1) is 0 Å². The summed E-state index contributed by atoms with van der Waals surface area (Å²) in [5.41, 5.74) is 0.996. The van der Waals surface area contributed by atoms with Crippen LogP contribution in [-0.2, 0) is 21.4 Å². The van der Waals surface area contributed by atoms with E-state index in [2.05, 4.69) is 5.32 Å². The van der Waals surface area contributed by atoms with Crippen molar-refractivity contribution in [2.45, 2.75) is 11.4 Å². The second kappa shape index (κ2) is 10.0. The van der Waals surface area contributed by atoms with Crippen LogP contribution in [0.2, 0.25) is 10.0 Å². The molecule has 31 heavy (non-hydrogen) atoms. The number of benzene rings is 3. The van der Waals surface area contributed by atoms with Crippen LogP contribution < -0.4 is 14.4 Å². The van der Waals surface area contributed by atoms with Gasteiger partial charge in [0.05, 0.1) is 17.7 Å². The largest absolute Gasteiger partial charge is 0.495 e. The van der Waals surface area contributed by atoms with Crippen LogP contribution in [0.4, 0.5) is 5.69 Å². The monoisotopic (exact) mass is 478 g/mol. The Kier molecular flexibility index (Phi) is 7.43. The molecule has 0 bridgehead atoms. The summed E-state index contributed by atoms with van der Waals surface area (Å²) < 4.78 is 33.1. The molecule has 3 rings (SSSR count). The first-order valence-electron chi connectivity index (χ1n) is 9.24. The molecule has 0 atom stereocenters. The summed E-state index contributed by atoms with van der Waals surface area (Å²) in [5.74, 6) is -0.217.